The predicted octanol–water partition coefficient (Wildman–Crippen LogP) is 0.806. The van der Waals surface area contributed by atoms with E-state index >= 15 is 0 Å². The SMILES string of the molecule is CN1CC[C@@]2(CN(C(=O)c3ccnnc3)CC(F)(F)C2)C1=O. The van der Waals surface area contributed by atoms with Crippen LogP contribution in [0.15, 0.2) is 18.5 Å². The molecule has 6 nitrogen and oxygen atoms in total. The van der Waals surface area contributed by atoms with Gasteiger partial charge in [0.25, 0.3) is 11.8 Å². The Kier molecular flexibility index (Phi) is 3.34. The molecule has 2 amide bonds. The van der Waals surface area contributed by atoms with Crippen LogP contribution in [0.3, 0.4) is 0 Å². The number of alkyl halides is 2. The third-order valence-electron chi connectivity index (χ3n) is 4.36. The second-order valence-electron chi connectivity index (χ2n) is 6.08. The molecule has 0 N–H and O–H groups in total. The van der Waals surface area contributed by atoms with Gasteiger partial charge in [-0.15, -0.1) is 0 Å². The number of nitrogens with zero attached hydrogens (tertiary/aromatic N) is 4. The number of hydrogen-bond donors (Lipinski definition) is 0. The summed E-state index contributed by atoms with van der Waals surface area (Å²) >= 11 is 0. The van der Waals surface area contributed by atoms with E-state index in [0.717, 1.165) is 4.90 Å². The first-order valence-electron chi connectivity index (χ1n) is 7.02. The molecule has 22 heavy (non-hydrogen) atoms. The summed E-state index contributed by atoms with van der Waals surface area (Å²) in [6.07, 6.45) is 2.42. The maximum atomic E-state index is 14.1. The summed E-state index contributed by atoms with van der Waals surface area (Å²) in [6.45, 7) is -0.215. The standard InChI is InChI=1S/C14H16F2N4O2/c1-19-5-3-13(12(19)22)7-14(15,16)9-20(8-13)11(21)10-2-4-17-18-6-10/h2,4,6H,3,5,7-9H2,1H3/t13-/m1/s1. The minimum Gasteiger partial charge on any atom is -0.345 e. The van der Waals surface area contributed by atoms with Crippen LogP contribution < -0.4 is 0 Å². The maximum Gasteiger partial charge on any atom is 0.266 e. The van der Waals surface area contributed by atoms with E-state index in [2.05, 4.69) is 10.2 Å². The summed E-state index contributed by atoms with van der Waals surface area (Å²) in [7, 11) is 1.60. The quantitative estimate of drug-likeness (QED) is 0.770. The lowest BCUT2D eigenvalue weighted by Gasteiger charge is -2.42. The molecule has 1 aromatic heterocycles. The van der Waals surface area contributed by atoms with Crippen LogP contribution in [0.2, 0.25) is 0 Å². The Hall–Kier alpha value is -2.12. The summed E-state index contributed by atoms with van der Waals surface area (Å²) in [4.78, 5) is 27.2. The van der Waals surface area contributed by atoms with Crippen LogP contribution in [0.4, 0.5) is 8.78 Å². The Morgan fingerprint density at radius 3 is 2.68 bits per heavy atom. The predicted molar refractivity (Wildman–Crippen MR) is 72.2 cm³/mol. The molecule has 0 aliphatic carbocycles. The Morgan fingerprint density at radius 1 is 1.32 bits per heavy atom. The van der Waals surface area contributed by atoms with Crippen molar-refractivity contribution in [2.24, 2.45) is 5.41 Å². The lowest BCUT2D eigenvalue weighted by Crippen LogP contribution is -2.57. The minimum atomic E-state index is -3.07. The molecule has 0 bridgehead atoms. The molecule has 2 aliphatic rings. The van der Waals surface area contributed by atoms with Crippen molar-refractivity contribution < 1.29 is 18.4 Å². The number of hydrogen-bond acceptors (Lipinski definition) is 4. The summed E-state index contributed by atoms with van der Waals surface area (Å²) in [5.41, 5.74) is -0.978. The van der Waals surface area contributed by atoms with E-state index in [-0.39, 0.29) is 18.0 Å². The van der Waals surface area contributed by atoms with Gasteiger partial charge in [-0.1, -0.05) is 0 Å². The van der Waals surface area contributed by atoms with E-state index in [1.54, 1.807) is 7.05 Å². The minimum absolute atomic E-state index is 0.0208. The first-order chi connectivity index (χ1) is 10.3. The van der Waals surface area contributed by atoms with Crippen LogP contribution in [0.1, 0.15) is 23.2 Å². The third-order valence-corrected chi connectivity index (χ3v) is 4.36. The van der Waals surface area contributed by atoms with Crippen LogP contribution in [-0.2, 0) is 4.79 Å². The van der Waals surface area contributed by atoms with Gasteiger partial charge in [0, 0.05) is 26.6 Å². The lowest BCUT2D eigenvalue weighted by atomic mass is 9.77. The van der Waals surface area contributed by atoms with E-state index < -0.39 is 30.2 Å². The second-order valence-corrected chi connectivity index (χ2v) is 6.08. The highest BCUT2D eigenvalue weighted by atomic mass is 19.3. The average Bonchev–Trinajstić information content (AvgIpc) is 2.74. The van der Waals surface area contributed by atoms with Gasteiger partial charge in [-0.05, 0) is 12.5 Å². The van der Waals surface area contributed by atoms with Crippen molar-refractivity contribution >= 4 is 11.8 Å². The molecule has 2 fully saturated rings. The Bertz CT molecular complexity index is 610. The van der Waals surface area contributed by atoms with Gasteiger partial charge in [-0.2, -0.15) is 10.2 Å². The Balaban J connectivity index is 1.90. The van der Waals surface area contributed by atoms with Crippen LogP contribution in [-0.4, -0.2) is 64.4 Å². The molecule has 118 valence electrons. The zero-order valence-electron chi connectivity index (χ0n) is 12.1. The molecular weight excluding hydrogens is 294 g/mol. The maximum absolute atomic E-state index is 14.1. The molecule has 0 radical (unpaired) electrons. The van der Waals surface area contributed by atoms with E-state index in [4.69, 9.17) is 0 Å². The van der Waals surface area contributed by atoms with Crippen molar-refractivity contribution in [2.45, 2.75) is 18.8 Å². The Morgan fingerprint density at radius 2 is 2.09 bits per heavy atom. The van der Waals surface area contributed by atoms with Gasteiger partial charge in [0.1, 0.15) is 0 Å². The van der Waals surface area contributed by atoms with Crippen molar-refractivity contribution in [1.82, 2.24) is 20.0 Å². The largest absolute Gasteiger partial charge is 0.345 e. The van der Waals surface area contributed by atoms with Crippen molar-refractivity contribution in [2.75, 3.05) is 26.7 Å². The van der Waals surface area contributed by atoms with E-state index in [1.807, 2.05) is 0 Å². The number of piperidine rings is 1. The molecule has 2 saturated heterocycles. The monoisotopic (exact) mass is 310 g/mol. The van der Waals surface area contributed by atoms with Crippen molar-refractivity contribution in [3.05, 3.63) is 24.0 Å². The highest BCUT2D eigenvalue weighted by Crippen LogP contribution is 2.45. The van der Waals surface area contributed by atoms with Gasteiger partial charge < -0.3 is 9.80 Å². The highest BCUT2D eigenvalue weighted by molar-refractivity contribution is 5.95. The molecule has 2 aliphatic heterocycles. The van der Waals surface area contributed by atoms with Gasteiger partial charge in [-0.25, -0.2) is 8.78 Å². The molecule has 3 heterocycles. The van der Waals surface area contributed by atoms with Gasteiger partial charge in [0.15, 0.2) is 0 Å². The zero-order valence-corrected chi connectivity index (χ0v) is 12.1. The van der Waals surface area contributed by atoms with Crippen LogP contribution in [0, 0.1) is 5.41 Å². The molecule has 1 atom stereocenters. The molecular formula is C14H16F2N4O2. The number of halogens is 2. The second kappa shape index (κ2) is 4.96. The van der Waals surface area contributed by atoms with Gasteiger partial charge in [0.05, 0.1) is 29.9 Å². The van der Waals surface area contributed by atoms with Crippen molar-refractivity contribution in [3.63, 3.8) is 0 Å². The van der Waals surface area contributed by atoms with Crippen molar-refractivity contribution in [1.29, 1.82) is 0 Å². The lowest BCUT2D eigenvalue weighted by molar-refractivity contribution is -0.150. The number of likely N-dealkylation sites (tertiary alicyclic amines) is 2. The fraction of sp³-hybridized carbons (Fsp3) is 0.571. The van der Waals surface area contributed by atoms with Crippen LogP contribution in [0.5, 0.6) is 0 Å². The van der Waals surface area contributed by atoms with E-state index in [0.29, 0.717) is 13.0 Å². The first-order valence-corrected chi connectivity index (χ1v) is 7.02. The summed E-state index contributed by atoms with van der Waals surface area (Å²) in [5.74, 6) is -3.93. The molecule has 8 heteroatoms. The third kappa shape index (κ3) is 2.42. The molecule has 1 spiro atoms. The summed E-state index contributed by atoms with van der Waals surface area (Å²) < 4.78 is 28.3. The molecule has 3 rings (SSSR count). The van der Waals surface area contributed by atoms with Crippen molar-refractivity contribution in [3.8, 4) is 0 Å². The highest BCUT2D eigenvalue weighted by Gasteiger charge is 2.57. The topological polar surface area (TPSA) is 66.4 Å². The Labute approximate surface area is 126 Å². The molecule has 1 aromatic rings. The molecule has 0 saturated carbocycles. The average molecular weight is 310 g/mol. The van der Waals surface area contributed by atoms with Gasteiger partial charge >= 0.3 is 0 Å². The van der Waals surface area contributed by atoms with Gasteiger partial charge in [0.2, 0.25) is 5.91 Å². The summed E-state index contributed by atoms with van der Waals surface area (Å²) in [6, 6.07) is 1.43. The number of carbonyl (C=O) groups excluding carboxylic acids is 2. The number of amides is 2. The number of aromatic nitrogens is 2. The fourth-order valence-electron chi connectivity index (χ4n) is 3.36. The van der Waals surface area contributed by atoms with Gasteiger partial charge in [-0.3, -0.25) is 9.59 Å². The van der Waals surface area contributed by atoms with E-state index in [1.165, 1.54) is 23.4 Å². The molecule has 0 aromatic carbocycles. The first kappa shape index (κ1) is 14.8. The fourth-order valence-corrected chi connectivity index (χ4v) is 3.36. The number of rotatable bonds is 1. The summed E-state index contributed by atoms with van der Waals surface area (Å²) in [5, 5.41) is 7.16. The smallest absolute Gasteiger partial charge is 0.266 e. The number of carbonyl (C=O) groups is 2. The zero-order chi connectivity index (χ0) is 16.0. The van der Waals surface area contributed by atoms with Crippen LogP contribution in [0.25, 0.3) is 0 Å². The van der Waals surface area contributed by atoms with Crippen LogP contribution >= 0.6 is 0 Å². The normalized spacial score (nSPS) is 27.5. The van der Waals surface area contributed by atoms with E-state index in [9.17, 15) is 18.4 Å². The molecule has 0 unspecified atom stereocenters.